The molecule has 0 radical (unpaired) electrons. The highest BCUT2D eigenvalue weighted by molar-refractivity contribution is 7.89. The fourth-order valence-corrected chi connectivity index (χ4v) is 5.00. The minimum atomic E-state index is -3.63. The van der Waals surface area contributed by atoms with Crippen molar-refractivity contribution < 1.29 is 8.42 Å². The lowest BCUT2D eigenvalue weighted by atomic mass is 10.1. The Labute approximate surface area is 129 Å². The molecule has 1 aromatic carbocycles. The Morgan fingerprint density at radius 3 is 2.35 bits per heavy atom. The normalized spacial score (nSPS) is 18.4. The van der Waals surface area contributed by atoms with E-state index in [2.05, 4.69) is 0 Å². The summed E-state index contributed by atoms with van der Waals surface area (Å²) in [5.74, 6) is 0. The van der Waals surface area contributed by atoms with Crippen LogP contribution in [0.25, 0.3) is 0 Å². The second-order valence-electron chi connectivity index (χ2n) is 5.18. The highest BCUT2D eigenvalue weighted by Gasteiger charge is 2.32. The first-order valence-corrected chi connectivity index (χ1v) is 8.65. The highest BCUT2D eigenvalue weighted by Crippen LogP contribution is 2.35. The molecule has 7 heteroatoms. The van der Waals surface area contributed by atoms with Crippen LogP contribution in [0.15, 0.2) is 11.0 Å². The Bertz CT molecular complexity index is 597. The Kier molecular flexibility index (Phi) is 4.66. The summed E-state index contributed by atoms with van der Waals surface area (Å²) in [5.41, 5.74) is 6.98. The predicted molar refractivity (Wildman–Crippen MR) is 81.9 cm³/mol. The standard InChI is InChI=1S/C13H18Cl2N2O2S/c1-8-7-11(14)9(2)13(12(8)15)20(18,19)17-5-3-10(16)4-6-17/h7,10H,3-6,16H2,1-2H3. The lowest BCUT2D eigenvalue weighted by molar-refractivity contribution is 0.320. The number of nitrogens with zero attached hydrogens (tertiary/aromatic N) is 1. The molecule has 1 heterocycles. The lowest BCUT2D eigenvalue weighted by Crippen LogP contribution is -2.43. The second kappa shape index (κ2) is 5.81. The van der Waals surface area contributed by atoms with E-state index in [4.69, 9.17) is 28.9 Å². The van der Waals surface area contributed by atoms with E-state index in [1.807, 2.05) is 0 Å². The van der Waals surface area contributed by atoms with E-state index in [-0.39, 0.29) is 16.0 Å². The van der Waals surface area contributed by atoms with Gasteiger partial charge in [0.2, 0.25) is 10.0 Å². The summed E-state index contributed by atoms with van der Waals surface area (Å²) in [6, 6.07) is 1.75. The van der Waals surface area contributed by atoms with Crippen molar-refractivity contribution in [3.63, 3.8) is 0 Å². The zero-order valence-electron chi connectivity index (χ0n) is 11.5. The average Bonchev–Trinajstić information content (AvgIpc) is 2.37. The molecule has 0 bridgehead atoms. The van der Waals surface area contributed by atoms with Crippen molar-refractivity contribution in [3.8, 4) is 0 Å². The van der Waals surface area contributed by atoms with Crippen molar-refractivity contribution in [3.05, 3.63) is 27.2 Å². The van der Waals surface area contributed by atoms with Crippen molar-refractivity contribution in [2.24, 2.45) is 5.73 Å². The van der Waals surface area contributed by atoms with E-state index in [0.29, 0.717) is 42.1 Å². The number of halogens is 2. The SMILES string of the molecule is Cc1cc(Cl)c(C)c(S(=O)(=O)N2CCC(N)CC2)c1Cl. The Hall–Kier alpha value is -0.330. The minimum Gasteiger partial charge on any atom is -0.328 e. The van der Waals surface area contributed by atoms with Gasteiger partial charge in [0.1, 0.15) is 4.90 Å². The summed E-state index contributed by atoms with van der Waals surface area (Å²) in [6.45, 7) is 4.27. The van der Waals surface area contributed by atoms with Gasteiger partial charge in [-0.25, -0.2) is 8.42 Å². The molecule has 0 saturated carbocycles. The van der Waals surface area contributed by atoms with E-state index in [1.165, 1.54) is 4.31 Å². The monoisotopic (exact) mass is 336 g/mol. The van der Waals surface area contributed by atoms with Crippen LogP contribution in [0, 0.1) is 13.8 Å². The number of hydrogen-bond donors (Lipinski definition) is 1. The van der Waals surface area contributed by atoms with Gasteiger partial charge in [-0.2, -0.15) is 4.31 Å². The first kappa shape index (κ1) is 16.0. The van der Waals surface area contributed by atoms with Gasteiger partial charge >= 0.3 is 0 Å². The van der Waals surface area contributed by atoms with Gasteiger partial charge in [-0.05, 0) is 43.9 Å². The number of rotatable bonds is 2. The third-order valence-electron chi connectivity index (χ3n) is 3.68. The molecule has 1 aliphatic heterocycles. The average molecular weight is 337 g/mol. The Morgan fingerprint density at radius 1 is 1.25 bits per heavy atom. The van der Waals surface area contributed by atoms with Crippen molar-refractivity contribution in [1.82, 2.24) is 4.31 Å². The van der Waals surface area contributed by atoms with Gasteiger partial charge in [-0.1, -0.05) is 23.2 Å². The van der Waals surface area contributed by atoms with Gasteiger partial charge in [-0.15, -0.1) is 0 Å². The maximum atomic E-state index is 12.8. The maximum Gasteiger partial charge on any atom is 0.244 e. The molecular weight excluding hydrogens is 319 g/mol. The summed E-state index contributed by atoms with van der Waals surface area (Å²) in [5, 5.41) is 0.668. The third-order valence-corrected chi connectivity index (χ3v) is 6.75. The van der Waals surface area contributed by atoms with Crippen LogP contribution < -0.4 is 5.73 Å². The van der Waals surface area contributed by atoms with Crippen LogP contribution in [-0.4, -0.2) is 31.9 Å². The summed E-state index contributed by atoms with van der Waals surface area (Å²) >= 11 is 12.3. The molecule has 1 fully saturated rings. The maximum absolute atomic E-state index is 12.8. The molecule has 0 spiro atoms. The molecular formula is C13H18Cl2N2O2S. The molecule has 2 rings (SSSR count). The number of piperidine rings is 1. The molecule has 0 aromatic heterocycles. The van der Waals surface area contributed by atoms with E-state index in [9.17, 15) is 8.42 Å². The lowest BCUT2D eigenvalue weighted by Gasteiger charge is -2.30. The third kappa shape index (κ3) is 2.83. The first-order valence-electron chi connectivity index (χ1n) is 6.46. The van der Waals surface area contributed by atoms with Crippen LogP contribution in [0.3, 0.4) is 0 Å². The smallest absolute Gasteiger partial charge is 0.244 e. The summed E-state index contributed by atoms with van der Waals surface area (Å²) in [4.78, 5) is 0.125. The summed E-state index contributed by atoms with van der Waals surface area (Å²) in [7, 11) is -3.63. The molecule has 20 heavy (non-hydrogen) atoms. The number of aryl methyl sites for hydroxylation is 1. The van der Waals surface area contributed by atoms with Gasteiger partial charge in [0, 0.05) is 24.2 Å². The van der Waals surface area contributed by atoms with E-state index in [0.717, 1.165) is 0 Å². The molecule has 112 valence electrons. The van der Waals surface area contributed by atoms with Crippen LogP contribution in [0.4, 0.5) is 0 Å². The minimum absolute atomic E-state index is 0.0686. The van der Waals surface area contributed by atoms with Crippen LogP contribution in [0.2, 0.25) is 10.0 Å². The molecule has 1 saturated heterocycles. The van der Waals surface area contributed by atoms with Gasteiger partial charge in [0.15, 0.2) is 0 Å². The molecule has 2 N–H and O–H groups in total. The van der Waals surface area contributed by atoms with Crippen molar-refractivity contribution in [1.29, 1.82) is 0 Å². The van der Waals surface area contributed by atoms with Gasteiger partial charge in [0.05, 0.1) is 5.02 Å². The summed E-state index contributed by atoms with van der Waals surface area (Å²) < 4.78 is 27.0. The number of benzene rings is 1. The van der Waals surface area contributed by atoms with Crippen LogP contribution >= 0.6 is 23.2 Å². The Balaban J connectivity index is 2.50. The summed E-state index contributed by atoms with van der Waals surface area (Å²) in [6.07, 6.45) is 1.32. The second-order valence-corrected chi connectivity index (χ2v) is 7.84. The molecule has 1 aliphatic rings. The van der Waals surface area contributed by atoms with Crippen molar-refractivity contribution in [2.75, 3.05) is 13.1 Å². The molecule has 4 nitrogen and oxygen atoms in total. The predicted octanol–water partition coefficient (Wildman–Crippen LogP) is 2.72. The number of sulfonamides is 1. The van der Waals surface area contributed by atoms with Gasteiger partial charge in [0.25, 0.3) is 0 Å². The number of hydrogen-bond acceptors (Lipinski definition) is 3. The fraction of sp³-hybridized carbons (Fsp3) is 0.538. The zero-order valence-corrected chi connectivity index (χ0v) is 13.8. The first-order chi connectivity index (χ1) is 9.25. The molecule has 0 unspecified atom stereocenters. The quantitative estimate of drug-likeness (QED) is 0.902. The topological polar surface area (TPSA) is 63.4 Å². The van der Waals surface area contributed by atoms with E-state index >= 15 is 0 Å². The van der Waals surface area contributed by atoms with Gasteiger partial charge < -0.3 is 5.73 Å². The van der Waals surface area contributed by atoms with E-state index < -0.39 is 10.0 Å². The van der Waals surface area contributed by atoms with Crippen LogP contribution in [0.5, 0.6) is 0 Å². The highest BCUT2D eigenvalue weighted by atomic mass is 35.5. The Morgan fingerprint density at radius 2 is 1.80 bits per heavy atom. The number of nitrogens with two attached hydrogens (primary N) is 1. The van der Waals surface area contributed by atoms with Crippen molar-refractivity contribution >= 4 is 33.2 Å². The van der Waals surface area contributed by atoms with Crippen LogP contribution in [0.1, 0.15) is 24.0 Å². The molecule has 0 aliphatic carbocycles. The van der Waals surface area contributed by atoms with Crippen LogP contribution in [-0.2, 0) is 10.0 Å². The van der Waals surface area contributed by atoms with Gasteiger partial charge in [-0.3, -0.25) is 0 Å². The van der Waals surface area contributed by atoms with E-state index in [1.54, 1.807) is 19.9 Å². The largest absolute Gasteiger partial charge is 0.328 e. The molecule has 1 aromatic rings. The molecule has 0 amide bonds. The fourth-order valence-electron chi connectivity index (χ4n) is 2.37. The zero-order chi connectivity index (χ0) is 15.1. The van der Waals surface area contributed by atoms with Crippen molar-refractivity contribution in [2.45, 2.75) is 37.6 Å². The molecule has 0 atom stereocenters.